The van der Waals surface area contributed by atoms with Crippen molar-refractivity contribution >= 4 is 11.9 Å². The number of ether oxygens (including phenoxy) is 2. The molecule has 27 heavy (non-hydrogen) atoms. The van der Waals surface area contributed by atoms with Crippen LogP contribution in [0, 0.1) is 0 Å². The van der Waals surface area contributed by atoms with Gasteiger partial charge in [-0.3, -0.25) is 9.59 Å². The minimum atomic E-state index is -0.822. The molecular formula is C21H25NO5. The maximum atomic E-state index is 11.9. The lowest BCUT2D eigenvalue weighted by atomic mass is 10.1. The van der Waals surface area contributed by atoms with Gasteiger partial charge in [0, 0.05) is 13.0 Å². The molecule has 2 aromatic rings. The molecule has 6 heteroatoms. The summed E-state index contributed by atoms with van der Waals surface area (Å²) in [6.07, 6.45) is 1.30. The largest absolute Gasteiger partial charge is 0.494 e. The van der Waals surface area contributed by atoms with Gasteiger partial charge in [0.2, 0.25) is 0 Å². The second kappa shape index (κ2) is 10.9. The maximum absolute atomic E-state index is 11.9. The van der Waals surface area contributed by atoms with Crippen molar-refractivity contribution in [2.45, 2.75) is 26.2 Å². The molecule has 0 aliphatic rings. The SMILES string of the molecule is CCOc1ccc(CCNC(=O)COc2ccc(CCC(=O)O)cc2)cc1. The van der Waals surface area contributed by atoms with Crippen molar-refractivity contribution in [3.05, 3.63) is 59.7 Å². The topological polar surface area (TPSA) is 84.9 Å². The number of aryl methyl sites for hydroxylation is 1. The Bertz CT molecular complexity index is 725. The lowest BCUT2D eigenvalue weighted by molar-refractivity contribution is -0.137. The molecule has 0 aliphatic heterocycles. The maximum Gasteiger partial charge on any atom is 0.303 e. The van der Waals surface area contributed by atoms with E-state index in [0.717, 1.165) is 23.3 Å². The summed E-state index contributed by atoms with van der Waals surface area (Å²) in [6.45, 7) is 3.06. The van der Waals surface area contributed by atoms with Gasteiger partial charge in [0.15, 0.2) is 6.61 Å². The van der Waals surface area contributed by atoms with E-state index in [2.05, 4.69) is 5.32 Å². The molecule has 0 spiro atoms. The predicted octanol–water partition coefficient (Wildman–Crippen LogP) is 2.84. The molecule has 0 saturated carbocycles. The number of amides is 1. The fraction of sp³-hybridized carbons (Fsp3) is 0.333. The zero-order valence-electron chi connectivity index (χ0n) is 15.4. The number of carbonyl (C=O) groups is 2. The van der Waals surface area contributed by atoms with Crippen molar-refractivity contribution in [2.24, 2.45) is 0 Å². The summed E-state index contributed by atoms with van der Waals surface area (Å²) in [5.74, 6) is 0.413. The molecule has 0 saturated heterocycles. The number of aliphatic carboxylic acids is 1. The molecule has 2 aromatic carbocycles. The Morgan fingerprint density at radius 2 is 1.44 bits per heavy atom. The van der Waals surface area contributed by atoms with E-state index in [1.807, 2.05) is 43.3 Å². The highest BCUT2D eigenvalue weighted by molar-refractivity contribution is 5.77. The second-order valence-electron chi connectivity index (χ2n) is 6.00. The smallest absolute Gasteiger partial charge is 0.303 e. The highest BCUT2D eigenvalue weighted by atomic mass is 16.5. The molecule has 0 fully saturated rings. The van der Waals surface area contributed by atoms with Gasteiger partial charge in [0.05, 0.1) is 6.61 Å². The third-order valence-corrected chi connectivity index (χ3v) is 3.89. The number of carboxylic acids is 1. The van der Waals surface area contributed by atoms with E-state index in [1.54, 1.807) is 12.1 Å². The standard InChI is InChI=1S/C21H25NO5/c1-2-26-18-8-5-17(6-9-18)13-14-22-20(23)15-27-19-10-3-16(4-11-19)7-12-21(24)25/h3-6,8-11H,2,7,12-15H2,1H3,(H,22,23)(H,24,25). The third kappa shape index (κ3) is 7.81. The normalized spacial score (nSPS) is 10.3. The molecule has 0 aromatic heterocycles. The van der Waals surface area contributed by atoms with Crippen LogP contribution in [0.2, 0.25) is 0 Å². The molecule has 0 bridgehead atoms. The first-order chi connectivity index (χ1) is 13.1. The van der Waals surface area contributed by atoms with Gasteiger partial charge in [-0.05, 0) is 55.2 Å². The number of benzene rings is 2. The van der Waals surface area contributed by atoms with E-state index in [0.29, 0.717) is 25.3 Å². The van der Waals surface area contributed by atoms with Crippen molar-refractivity contribution < 1.29 is 24.2 Å². The zero-order chi connectivity index (χ0) is 19.5. The van der Waals surface area contributed by atoms with E-state index < -0.39 is 5.97 Å². The minimum Gasteiger partial charge on any atom is -0.494 e. The fourth-order valence-corrected chi connectivity index (χ4v) is 2.47. The molecule has 144 valence electrons. The Labute approximate surface area is 159 Å². The lowest BCUT2D eigenvalue weighted by Crippen LogP contribution is -2.30. The first-order valence-electron chi connectivity index (χ1n) is 8.99. The van der Waals surface area contributed by atoms with Crippen molar-refractivity contribution in [3.63, 3.8) is 0 Å². The molecule has 6 nitrogen and oxygen atoms in total. The summed E-state index contributed by atoms with van der Waals surface area (Å²) in [4.78, 5) is 22.4. The lowest BCUT2D eigenvalue weighted by Gasteiger charge is -2.09. The summed E-state index contributed by atoms with van der Waals surface area (Å²) in [7, 11) is 0. The van der Waals surface area contributed by atoms with Crippen LogP contribution in [0.15, 0.2) is 48.5 Å². The number of carboxylic acid groups (broad SMARTS) is 1. The molecule has 0 radical (unpaired) electrons. The van der Waals surface area contributed by atoms with E-state index in [1.165, 1.54) is 0 Å². The van der Waals surface area contributed by atoms with Crippen LogP contribution in [0.5, 0.6) is 11.5 Å². The second-order valence-corrected chi connectivity index (χ2v) is 6.00. The van der Waals surface area contributed by atoms with Crippen LogP contribution in [0.4, 0.5) is 0 Å². The molecule has 0 atom stereocenters. The minimum absolute atomic E-state index is 0.0578. The molecule has 2 rings (SSSR count). The Hall–Kier alpha value is -3.02. The van der Waals surface area contributed by atoms with E-state index in [4.69, 9.17) is 14.6 Å². The Balaban J connectivity index is 1.66. The molecular weight excluding hydrogens is 346 g/mol. The van der Waals surface area contributed by atoms with Crippen LogP contribution < -0.4 is 14.8 Å². The van der Waals surface area contributed by atoms with Crippen LogP contribution in [-0.2, 0) is 22.4 Å². The number of hydrogen-bond donors (Lipinski definition) is 2. The van der Waals surface area contributed by atoms with Crippen LogP contribution in [0.3, 0.4) is 0 Å². The third-order valence-electron chi connectivity index (χ3n) is 3.89. The van der Waals surface area contributed by atoms with Gasteiger partial charge >= 0.3 is 5.97 Å². The summed E-state index contributed by atoms with van der Waals surface area (Å²) in [5.41, 5.74) is 2.04. The van der Waals surface area contributed by atoms with Crippen LogP contribution >= 0.6 is 0 Å². The van der Waals surface area contributed by atoms with Gasteiger partial charge in [0.25, 0.3) is 5.91 Å². The number of carbonyl (C=O) groups excluding carboxylic acids is 1. The quantitative estimate of drug-likeness (QED) is 0.634. The molecule has 0 unspecified atom stereocenters. The van der Waals surface area contributed by atoms with Crippen molar-refractivity contribution in [1.82, 2.24) is 5.32 Å². The number of nitrogens with one attached hydrogen (secondary N) is 1. The van der Waals surface area contributed by atoms with E-state index in [9.17, 15) is 9.59 Å². The van der Waals surface area contributed by atoms with Crippen molar-refractivity contribution in [1.29, 1.82) is 0 Å². The van der Waals surface area contributed by atoms with Crippen LogP contribution in [-0.4, -0.2) is 36.7 Å². The van der Waals surface area contributed by atoms with Crippen LogP contribution in [0.25, 0.3) is 0 Å². The highest BCUT2D eigenvalue weighted by Gasteiger charge is 2.04. The highest BCUT2D eigenvalue weighted by Crippen LogP contribution is 2.14. The van der Waals surface area contributed by atoms with Crippen molar-refractivity contribution in [3.8, 4) is 11.5 Å². The number of hydrogen-bond acceptors (Lipinski definition) is 4. The monoisotopic (exact) mass is 371 g/mol. The Kier molecular flexibility index (Phi) is 8.16. The Morgan fingerprint density at radius 1 is 0.889 bits per heavy atom. The average Bonchev–Trinajstić information content (AvgIpc) is 2.67. The van der Waals surface area contributed by atoms with Gasteiger partial charge in [-0.15, -0.1) is 0 Å². The van der Waals surface area contributed by atoms with Crippen LogP contribution in [0.1, 0.15) is 24.5 Å². The molecule has 0 aliphatic carbocycles. The Morgan fingerprint density at radius 3 is 2.00 bits per heavy atom. The molecule has 2 N–H and O–H groups in total. The number of rotatable bonds is 11. The van der Waals surface area contributed by atoms with E-state index >= 15 is 0 Å². The summed E-state index contributed by atoms with van der Waals surface area (Å²) in [5, 5.41) is 11.5. The fourth-order valence-electron chi connectivity index (χ4n) is 2.47. The zero-order valence-corrected chi connectivity index (χ0v) is 15.4. The summed E-state index contributed by atoms with van der Waals surface area (Å²) in [6, 6.07) is 14.9. The van der Waals surface area contributed by atoms with Gasteiger partial charge < -0.3 is 19.9 Å². The van der Waals surface area contributed by atoms with Gasteiger partial charge in [-0.2, -0.15) is 0 Å². The summed E-state index contributed by atoms with van der Waals surface area (Å²) < 4.78 is 10.8. The average molecular weight is 371 g/mol. The van der Waals surface area contributed by atoms with Gasteiger partial charge in [-0.1, -0.05) is 24.3 Å². The first-order valence-corrected chi connectivity index (χ1v) is 8.99. The molecule has 1 amide bonds. The predicted molar refractivity (Wildman–Crippen MR) is 102 cm³/mol. The van der Waals surface area contributed by atoms with Gasteiger partial charge in [-0.25, -0.2) is 0 Å². The first kappa shape index (κ1) is 20.3. The van der Waals surface area contributed by atoms with Crippen molar-refractivity contribution in [2.75, 3.05) is 19.8 Å². The summed E-state index contributed by atoms with van der Waals surface area (Å²) >= 11 is 0. The van der Waals surface area contributed by atoms with E-state index in [-0.39, 0.29) is 18.9 Å². The van der Waals surface area contributed by atoms with Gasteiger partial charge in [0.1, 0.15) is 11.5 Å². The molecule has 0 heterocycles.